The Morgan fingerprint density at radius 2 is 2.17 bits per heavy atom. The average Bonchev–Trinajstić information content (AvgIpc) is 2.90. The zero-order valence-electron chi connectivity index (χ0n) is 16.5. The van der Waals surface area contributed by atoms with Gasteiger partial charge >= 0.3 is 0 Å². The van der Waals surface area contributed by atoms with Gasteiger partial charge in [0.15, 0.2) is 0 Å². The summed E-state index contributed by atoms with van der Waals surface area (Å²) in [5, 5.41) is 0.825. The standard InChI is InChI=1S/C22H21BrFN3O2/c1-12(5-6-19(25-2)29-4)13-9-22(10-13)20-14-7-15(23)16(24)8-17(14)26-11-18(20)27(3)21(22)28/h5-8,11,13H,2,9-10H2,1,3-4H3/b12-5+,19-6+. The number of aliphatic imine (C=N–C) groups is 1. The number of anilines is 1. The van der Waals surface area contributed by atoms with Crippen LogP contribution in [0.2, 0.25) is 0 Å². The number of methoxy groups -OCH3 is 1. The van der Waals surface area contributed by atoms with E-state index < -0.39 is 5.41 Å². The third-order valence-electron chi connectivity index (χ3n) is 6.13. The second-order valence-corrected chi connectivity index (χ2v) is 8.49. The van der Waals surface area contributed by atoms with Gasteiger partial charge in [0.05, 0.1) is 34.4 Å². The van der Waals surface area contributed by atoms with Crippen molar-refractivity contribution in [2.24, 2.45) is 10.9 Å². The van der Waals surface area contributed by atoms with Crippen LogP contribution in [-0.4, -0.2) is 31.8 Å². The van der Waals surface area contributed by atoms with Gasteiger partial charge in [0.25, 0.3) is 0 Å². The molecule has 1 fully saturated rings. The molecule has 1 aliphatic heterocycles. The molecule has 5 nitrogen and oxygen atoms in total. The first-order valence-electron chi connectivity index (χ1n) is 9.28. The summed E-state index contributed by atoms with van der Waals surface area (Å²) in [7, 11) is 3.33. The van der Waals surface area contributed by atoms with E-state index in [1.54, 1.807) is 37.4 Å². The minimum Gasteiger partial charge on any atom is -0.481 e. The Hall–Kier alpha value is -2.54. The largest absolute Gasteiger partial charge is 0.481 e. The second kappa shape index (κ2) is 7.06. The van der Waals surface area contributed by atoms with E-state index in [9.17, 15) is 9.18 Å². The molecule has 0 saturated heterocycles. The third kappa shape index (κ3) is 2.90. The van der Waals surface area contributed by atoms with Crippen molar-refractivity contribution in [2.75, 3.05) is 19.1 Å². The smallest absolute Gasteiger partial charge is 0.237 e. The van der Waals surface area contributed by atoms with Gasteiger partial charge in [0.1, 0.15) is 5.82 Å². The summed E-state index contributed by atoms with van der Waals surface area (Å²) in [5.74, 6) is 0.430. The van der Waals surface area contributed by atoms with Gasteiger partial charge in [-0.25, -0.2) is 9.38 Å². The molecule has 2 aromatic rings. The summed E-state index contributed by atoms with van der Waals surface area (Å²) in [6.07, 6.45) is 6.83. The maximum atomic E-state index is 14.0. The first-order valence-corrected chi connectivity index (χ1v) is 10.1. The van der Waals surface area contributed by atoms with Crippen molar-refractivity contribution in [3.05, 3.63) is 57.8 Å². The molecule has 29 heavy (non-hydrogen) atoms. The lowest BCUT2D eigenvalue weighted by Gasteiger charge is -2.45. The number of nitrogens with zero attached hydrogens (tertiary/aromatic N) is 3. The summed E-state index contributed by atoms with van der Waals surface area (Å²) < 4.78 is 19.5. The van der Waals surface area contributed by atoms with Crippen molar-refractivity contribution in [1.82, 2.24) is 4.98 Å². The first-order chi connectivity index (χ1) is 13.8. The molecule has 7 heteroatoms. The van der Waals surface area contributed by atoms with Gasteiger partial charge in [0, 0.05) is 30.1 Å². The minimum absolute atomic E-state index is 0.0761. The fourth-order valence-corrected chi connectivity index (χ4v) is 4.82. The van der Waals surface area contributed by atoms with Crippen LogP contribution in [0.3, 0.4) is 0 Å². The van der Waals surface area contributed by atoms with Crippen molar-refractivity contribution in [2.45, 2.75) is 25.2 Å². The van der Waals surface area contributed by atoms with Crippen LogP contribution in [0.25, 0.3) is 10.9 Å². The number of allylic oxidation sites excluding steroid dienone is 3. The molecule has 1 aromatic carbocycles. The molecular formula is C22H21BrFN3O2. The fourth-order valence-electron chi connectivity index (χ4n) is 4.48. The maximum absolute atomic E-state index is 14.0. The molecular weight excluding hydrogens is 437 g/mol. The lowest BCUT2D eigenvalue weighted by Crippen LogP contribution is -2.49. The number of pyridine rings is 1. The minimum atomic E-state index is -0.590. The first kappa shape index (κ1) is 19.8. The van der Waals surface area contributed by atoms with Crippen LogP contribution in [-0.2, 0) is 14.9 Å². The number of rotatable bonds is 4. The number of hydrogen-bond donors (Lipinski definition) is 0. The van der Waals surface area contributed by atoms with Crippen molar-refractivity contribution in [3.63, 3.8) is 0 Å². The highest BCUT2D eigenvalue weighted by atomic mass is 79.9. The van der Waals surface area contributed by atoms with E-state index >= 15 is 0 Å². The predicted octanol–water partition coefficient (Wildman–Crippen LogP) is 4.90. The molecule has 0 atom stereocenters. The van der Waals surface area contributed by atoms with E-state index in [4.69, 9.17) is 4.74 Å². The molecule has 2 heterocycles. The van der Waals surface area contributed by atoms with Crippen molar-refractivity contribution in [3.8, 4) is 0 Å². The van der Waals surface area contributed by atoms with Crippen LogP contribution in [0.4, 0.5) is 10.1 Å². The number of amides is 1. The Bertz CT molecular complexity index is 1100. The van der Waals surface area contributed by atoms with E-state index in [1.165, 1.54) is 6.07 Å². The molecule has 2 aliphatic rings. The highest BCUT2D eigenvalue weighted by Gasteiger charge is 2.58. The summed E-state index contributed by atoms with van der Waals surface area (Å²) in [6.45, 7) is 5.52. The van der Waals surface area contributed by atoms with E-state index in [0.29, 0.717) is 28.7 Å². The summed E-state index contributed by atoms with van der Waals surface area (Å²) in [5.41, 5.74) is 2.89. The number of carbonyl (C=O) groups is 1. The Balaban J connectivity index is 1.75. The quantitative estimate of drug-likeness (QED) is 0.372. The van der Waals surface area contributed by atoms with E-state index in [2.05, 4.69) is 32.6 Å². The zero-order chi connectivity index (χ0) is 20.9. The normalized spacial score (nSPS) is 24.1. The Morgan fingerprint density at radius 3 is 2.83 bits per heavy atom. The lowest BCUT2D eigenvalue weighted by molar-refractivity contribution is -0.127. The number of ether oxygens (including phenoxy) is 1. The predicted molar refractivity (Wildman–Crippen MR) is 116 cm³/mol. The van der Waals surface area contributed by atoms with Gasteiger partial charge in [0.2, 0.25) is 11.8 Å². The number of aromatic nitrogens is 1. The summed E-state index contributed by atoms with van der Waals surface area (Å²) in [4.78, 5) is 23.1. The molecule has 1 amide bonds. The molecule has 0 N–H and O–H groups in total. The Labute approximate surface area is 177 Å². The Morgan fingerprint density at radius 1 is 1.45 bits per heavy atom. The second-order valence-electron chi connectivity index (χ2n) is 7.63. The molecule has 1 saturated carbocycles. The van der Waals surface area contributed by atoms with Gasteiger partial charge in [-0.3, -0.25) is 9.78 Å². The van der Waals surface area contributed by atoms with Crippen LogP contribution in [0, 0.1) is 11.7 Å². The van der Waals surface area contributed by atoms with Crippen LogP contribution < -0.4 is 4.90 Å². The van der Waals surface area contributed by atoms with Gasteiger partial charge in [-0.05, 0) is 54.4 Å². The number of benzene rings is 1. The molecule has 1 aromatic heterocycles. The van der Waals surface area contributed by atoms with E-state index in [0.717, 1.165) is 22.2 Å². The highest BCUT2D eigenvalue weighted by Crippen LogP contribution is 2.59. The van der Waals surface area contributed by atoms with Crippen molar-refractivity contribution < 1.29 is 13.9 Å². The molecule has 1 aliphatic carbocycles. The highest BCUT2D eigenvalue weighted by molar-refractivity contribution is 9.10. The van der Waals surface area contributed by atoms with Gasteiger partial charge in [-0.1, -0.05) is 11.6 Å². The number of fused-ring (bicyclic) bond motifs is 4. The van der Waals surface area contributed by atoms with Gasteiger partial charge < -0.3 is 9.64 Å². The molecule has 150 valence electrons. The molecule has 4 rings (SSSR count). The Kier molecular flexibility index (Phi) is 4.81. The average molecular weight is 458 g/mol. The van der Waals surface area contributed by atoms with E-state index in [-0.39, 0.29) is 17.6 Å². The van der Waals surface area contributed by atoms with Gasteiger partial charge in [-0.2, -0.15) is 0 Å². The molecule has 0 unspecified atom stereocenters. The van der Waals surface area contributed by atoms with Crippen LogP contribution in [0.5, 0.6) is 0 Å². The van der Waals surface area contributed by atoms with Crippen molar-refractivity contribution >= 4 is 45.1 Å². The number of hydrogen-bond acceptors (Lipinski definition) is 4. The molecule has 0 radical (unpaired) electrons. The zero-order valence-corrected chi connectivity index (χ0v) is 18.1. The third-order valence-corrected chi connectivity index (χ3v) is 6.74. The van der Waals surface area contributed by atoms with Crippen LogP contribution >= 0.6 is 15.9 Å². The molecule has 1 spiro atoms. The summed E-state index contributed by atoms with van der Waals surface area (Å²) in [6, 6.07) is 3.15. The van der Waals surface area contributed by atoms with Crippen molar-refractivity contribution in [1.29, 1.82) is 0 Å². The summed E-state index contributed by atoms with van der Waals surface area (Å²) >= 11 is 3.27. The number of carbonyl (C=O) groups excluding carboxylic acids is 1. The SMILES string of the molecule is C=N/C(=C\C=C(/C)C1CC2(C1)C(=O)N(C)c1cnc3cc(F)c(Br)cc3c12)OC. The maximum Gasteiger partial charge on any atom is 0.237 e. The monoisotopic (exact) mass is 457 g/mol. The van der Waals surface area contributed by atoms with Gasteiger partial charge in [-0.15, -0.1) is 0 Å². The lowest BCUT2D eigenvalue weighted by atomic mass is 9.57. The van der Waals surface area contributed by atoms with Crippen LogP contribution in [0.15, 0.2) is 51.4 Å². The number of halogens is 2. The van der Waals surface area contributed by atoms with Crippen LogP contribution in [0.1, 0.15) is 25.3 Å². The topological polar surface area (TPSA) is 54.8 Å². The fraction of sp³-hybridized carbons (Fsp3) is 0.318. The molecule has 0 bridgehead atoms. The van der Waals surface area contributed by atoms with E-state index in [1.807, 2.05) is 13.0 Å². The number of likely N-dealkylation sites (N-methyl/N-ethyl adjacent to an activating group) is 1.